The summed E-state index contributed by atoms with van der Waals surface area (Å²) in [6.45, 7) is 6.61. The van der Waals surface area contributed by atoms with Gasteiger partial charge in [-0.3, -0.25) is 14.9 Å². The maximum Gasteiger partial charge on any atom is 0.321 e. The van der Waals surface area contributed by atoms with Crippen LogP contribution in [0.5, 0.6) is 0 Å². The van der Waals surface area contributed by atoms with Crippen LogP contribution in [-0.2, 0) is 14.3 Å². The molecule has 0 aromatic rings. The van der Waals surface area contributed by atoms with Crippen LogP contribution in [0.4, 0.5) is 4.79 Å². The number of imide groups is 1. The zero-order valence-corrected chi connectivity index (χ0v) is 13.0. The van der Waals surface area contributed by atoms with Crippen molar-refractivity contribution in [3.8, 4) is 0 Å². The standard InChI is InChI=1S/C14H26N2O5/c1-4-5-8-21-9-6-7-15-13(20)16-11(17)10-14(2,3)12(18)19/h4-10H2,1-3H3,(H,18,19)(H2,15,16,17,20). The molecule has 0 aliphatic rings. The average molecular weight is 302 g/mol. The summed E-state index contributed by atoms with van der Waals surface area (Å²) in [6.07, 6.45) is 2.50. The number of carbonyl (C=O) groups excluding carboxylic acids is 2. The molecule has 7 heteroatoms. The lowest BCUT2D eigenvalue weighted by Crippen LogP contribution is -2.42. The largest absolute Gasteiger partial charge is 0.481 e. The molecule has 0 aromatic heterocycles. The van der Waals surface area contributed by atoms with Gasteiger partial charge in [0, 0.05) is 26.2 Å². The molecular formula is C14H26N2O5. The zero-order valence-electron chi connectivity index (χ0n) is 13.0. The van der Waals surface area contributed by atoms with Crippen LogP contribution in [0, 0.1) is 5.41 Å². The molecule has 0 saturated heterocycles. The summed E-state index contributed by atoms with van der Waals surface area (Å²) < 4.78 is 5.33. The molecule has 0 fully saturated rings. The molecule has 0 heterocycles. The van der Waals surface area contributed by atoms with E-state index in [-0.39, 0.29) is 6.42 Å². The van der Waals surface area contributed by atoms with Crippen LogP contribution >= 0.6 is 0 Å². The second kappa shape index (κ2) is 10.1. The lowest BCUT2D eigenvalue weighted by atomic mass is 9.89. The van der Waals surface area contributed by atoms with Gasteiger partial charge in [0.2, 0.25) is 5.91 Å². The SMILES string of the molecule is CCCCOCCCNC(=O)NC(=O)CC(C)(C)C(=O)O. The number of ether oxygens (including phenoxy) is 1. The van der Waals surface area contributed by atoms with Crippen molar-refractivity contribution in [3.63, 3.8) is 0 Å². The summed E-state index contributed by atoms with van der Waals surface area (Å²) in [5.41, 5.74) is -1.20. The molecule has 0 unspecified atom stereocenters. The molecule has 0 rings (SSSR count). The zero-order chi connectivity index (χ0) is 16.3. The number of aliphatic carboxylic acids is 1. The maximum absolute atomic E-state index is 11.5. The smallest absolute Gasteiger partial charge is 0.321 e. The fraction of sp³-hybridized carbons (Fsp3) is 0.786. The molecule has 122 valence electrons. The summed E-state index contributed by atoms with van der Waals surface area (Å²) >= 11 is 0. The van der Waals surface area contributed by atoms with Crippen LogP contribution in [-0.4, -0.2) is 42.8 Å². The molecule has 0 spiro atoms. The molecule has 0 aromatic carbocycles. The van der Waals surface area contributed by atoms with Gasteiger partial charge in [-0.05, 0) is 26.7 Å². The Morgan fingerprint density at radius 3 is 2.33 bits per heavy atom. The number of carbonyl (C=O) groups is 3. The predicted octanol–water partition coefficient (Wildman–Crippen LogP) is 1.52. The highest BCUT2D eigenvalue weighted by atomic mass is 16.5. The van der Waals surface area contributed by atoms with Crippen molar-refractivity contribution in [2.24, 2.45) is 5.41 Å². The van der Waals surface area contributed by atoms with E-state index in [1.807, 2.05) is 0 Å². The van der Waals surface area contributed by atoms with E-state index in [2.05, 4.69) is 17.6 Å². The average Bonchev–Trinajstić information content (AvgIpc) is 2.36. The van der Waals surface area contributed by atoms with Gasteiger partial charge in [-0.25, -0.2) is 4.79 Å². The van der Waals surface area contributed by atoms with Gasteiger partial charge in [0.05, 0.1) is 5.41 Å². The van der Waals surface area contributed by atoms with Crippen LogP contribution in [0.3, 0.4) is 0 Å². The first-order valence-corrected chi connectivity index (χ1v) is 7.18. The molecule has 3 N–H and O–H groups in total. The van der Waals surface area contributed by atoms with E-state index < -0.39 is 23.3 Å². The maximum atomic E-state index is 11.5. The van der Waals surface area contributed by atoms with E-state index in [1.165, 1.54) is 13.8 Å². The summed E-state index contributed by atoms with van der Waals surface area (Å²) in [6, 6.07) is -0.616. The van der Waals surface area contributed by atoms with Crippen molar-refractivity contribution in [1.29, 1.82) is 0 Å². The van der Waals surface area contributed by atoms with Gasteiger partial charge in [-0.15, -0.1) is 0 Å². The number of rotatable bonds is 10. The van der Waals surface area contributed by atoms with Crippen LogP contribution in [0.25, 0.3) is 0 Å². The topological polar surface area (TPSA) is 105 Å². The van der Waals surface area contributed by atoms with E-state index in [0.717, 1.165) is 12.8 Å². The number of carboxylic acid groups (broad SMARTS) is 1. The summed E-state index contributed by atoms with van der Waals surface area (Å²) in [4.78, 5) is 33.8. The highest BCUT2D eigenvalue weighted by Crippen LogP contribution is 2.19. The van der Waals surface area contributed by atoms with Gasteiger partial charge in [0.1, 0.15) is 0 Å². The minimum absolute atomic E-state index is 0.254. The fourth-order valence-corrected chi connectivity index (χ4v) is 1.42. The van der Waals surface area contributed by atoms with Gasteiger partial charge < -0.3 is 15.2 Å². The van der Waals surface area contributed by atoms with Crippen molar-refractivity contribution in [2.75, 3.05) is 19.8 Å². The molecule has 0 bridgehead atoms. The molecule has 3 amide bonds. The summed E-state index contributed by atoms with van der Waals surface area (Å²) in [7, 11) is 0. The Labute approximate surface area is 125 Å². The van der Waals surface area contributed by atoms with Gasteiger partial charge in [-0.1, -0.05) is 13.3 Å². The molecule has 0 atom stereocenters. The number of amides is 3. The van der Waals surface area contributed by atoms with Gasteiger partial charge in [0.25, 0.3) is 0 Å². The van der Waals surface area contributed by atoms with Crippen LogP contribution < -0.4 is 10.6 Å². The number of urea groups is 1. The minimum Gasteiger partial charge on any atom is -0.481 e. The Balaban J connectivity index is 3.75. The number of carboxylic acids is 1. The molecule has 0 radical (unpaired) electrons. The Kier molecular flexibility index (Phi) is 9.36. The highest BCUT2D eigenvalue weighted by Gasteiger charge is 2.30. The third-order valence-corrected chi connectivity index (χ3v) is 2.83. The number of nitrogens with one attached hydrogen (secondary N) is 2. The molecule has 0 saturated carbocycles. The fourth-order valence-electron chi connectivity index (χ4n) is 1.42. The number of unbranched alkanes of at least 4 members (excludes halogenated alkanes) is 1. The highest BCUT2D eigenvalue weighted by molar-refractivity contribution is 5.96. The van der Waals surface area contributed by atoms with E-state index in [4.69, 9.17) is 9.84 Å². The van der Waals surface area contributed by atoms with Gasteiger partial charge in [0.15, 0.2) is 0 Å². The van der Waals surface area contributed by atoms with Crippen molar-refractivity contribution in [1.82, 2.24) is 10.6 Å². The minimum atomic E-state index is -1.20. The lowest BCUT2D eigenvalue weighted by Gasteiger charge is -2.17. The molecular weight excluding hydrogens is 276 g/mol. The Morgan fingerprint density at radius 2 is 1.76 bits per heavy atom. The quantitative estimate of drug-likeness (QED) is 0.531. The Hall–Kier alpha value is -1.63. The second-order valence-electron chi connectivity index (χ2n) is 5.49. The van der Waals surface area contributed by atoms with Crippen LogP contribution in [0.2, 0.25) is 0 Å². The van der Waals surface area contributed by atoms with Gasteiger partial charge in [-0.2, -0.15) is 0 Å². The van der Waals surface area contributed by atoms with Crippen molar-refractivity contribution < 1.29 is 24.2 Å². The summed E-state index contributed by atoms with van der Waals surface area (Å²) in [5, 5.41) is 13.5. The molecule has 7 nitrogen and oxygen atoms in total. The second-order valence-corrected chi connectivity index (χ2v) is 5.49. The first kappa shape index (κ1) is 19.4. The number of hydrogen-bond donors (Lipinski definition) is 3. The Morgan fingerprint density at radius 1 is 1.14 bits per heavy atom. The number of hydrogen-bond acceptors (Lipinski definition) is 4. The molecule has 0 aliphatic heterocycles. The third kappa shape index (κ3) is 9.84. The third-order valence-electron chi connectivity index (χ3n) is 2.83. The summed E-state index contributed by atoms with van der Waals surface area (Å²) in [5.74, 6) is -1.69. The van der Waals surface area contributed by atoms with E-state index in [9.17, 15) is 14.4 Å². The van der Waals surface area contributed by atoms with E-state index in [1.54, 1.807) is 0 Å². The van der Waals surface area contributed by atoms with E-state index >= 15 is 0 Å². The lowest BCUT2D eigenvalue weighted by molar-refractivity contribution is -0.149. The molecule has 21 heavy (non-hydrogen) atoms. The Bertz CT molecular complexity index is 355. The van der Waals surface area contributed by atoms with Crippen LogP contribution in [0.1, 0.15) is 46.5 Å². The van der Waals surface area contributed by atoms with Crippen molar-refractivity contribution in [3.05, 3.63) is 0 Å². The monoisotopic (exact) mass is 302 g/mol. The van der Waals surface area contributed by atoms with Crippen molar-refractivity contribution in [2.45, 2.75) is 46.5 Å². The van der Waals surface area contributed by atoms with Crippen LogP contribution in [0.15, 0.2) is 0 Å². The first-order chi connectivity index (χ1) is 9.79. The molecule has 0 aliphatic carbocycles. The van der Waals surface area contributed by atoms with Crippen molar-refractivity contribution >= 4 is 17.9 Å². The predicted molar refractivity (Wildman–Crippen MR) is 77.9 cm³/mol. The first-order valence-electron chi connectivity index (χ1n) is 7.18. The van der Waals surface area contributed by atoms with Gasteiger partial charge >= 0.3 is 12.0 Å². The normalized spacial score (nSPS) is 11.0. The van der Waals surface area contributed by atoms with E-state index in [0.29, 0.717) is 26.2 Å².